The zero-order valence-corrected chi connectivity index (χ0v) is 7.82. The van der Waals surface area contributed by atoms with Crippen LogP contribution in [0.1, 0.15) is 5.69 Å². The number of nitrogens with one attached hydrogen (secondary N) is 1. The van der Waals surface area contributed by atoms with Gasteiger partial charge in [-0.15, -0.1) is 0 Å². The molecule has 0 spiro atoms. The maximum atomic E-state index is 10.4. The molecule has 1 aromatic heterocycles. The molecule has 0 bridgehead atoms. The highest BCUT2D eigenvalue weighted by atomic mass is 35.5. The van der Waals surface area contributed by atoms with E-state index >= 15 is 0 Å². The fourth-order valence-corrected chi connectivity index (χ4v) is 1.26. The smallest absolute Gasteiger partial charge is 0.259 e. The molecule has 2 N–H and O–H groups in total. The molecule has 0 aromatic carbocycles. The Balaban J connectivity index is 2.97. The molecular weight excluding hydrogens is 200 g/mol. The first-order chi connectivity index (χ1) is 5.59. The average Bonchev–Trinajstić information content (AvgIpc) is 1.96. The van der Waals surface area contributed by atoms with Crippen LogP contribution in [0.3, 0.4) is 0 Å². The van der Waals surface area contributed by atoms with E-state index in [0.717, 1.165) is 0 Å². The molecule has 0 amide bonds. The summed E-state index contributed by atoms with van der Waals surface area (Å²) in [5, 5.41) is 0.425. The molecule has 12 heavy (non-hydrogen) atoms. The van der Waals surface area contributed by atoms with Gasteiger partial charge in [-0.25, -0.2) is 4.21 Å². The number of hydrogen-bond acceptors (Lipinski definition) is 2. The monoisotopic (exact) mass is 206 g/mol. The number of aryl methyl sites for hydroxylation is 1. The molecule has 0 saturated heterocycles. The summed E-state index contributed by atoms with van der Waals surface area (Å²) in [5.74, 6) is 0. The van der Waals surface area contributed by atoms with E-state index in [2.05, 4.69) is 9.71 Å². The first-order valence-electron chi connectivity index (χ1n) is 3.09. The van der Waals surface area contributed by atoms with Crippen LogP contribution in [0, 0.1) is 6.92 Å². The summed E-state index contributed by atoms with van der Waals surface area (Å²) in [6.45, 7) is 1.71. The molecular formula is C6H7ClN2O2S. The van der Waals surface area contributed by atoms with Gasteiger partial charge in [-0.2, -0.15) is 0 Å². The van der Waals surface area contributed by atoms with Gasteiger partial charge in [0.15, 0.2) is 0 Å². The fraction of sp³-hybridized carbons (Fsp3) is 0.167. The molecule has 0 radical (unpaired) electrons. The first kappa shape index (κ1) is 9.44. The number of rotatable bonds is 2. The summed E-state index contributed by atoms with van der Waals surface area (Å²) in [4.78, 5) is 3.89. The van der Waals surface area contributed by atoms with Gasteiger partial charge in [-0.05, 0) is 13.0 Å². The summed E-state index contributed by atoms with van der Waals surface area (Å²) < 4.78 is 21.2. The third kappa shape index (κ3) is 2.44. The van der Waals surface area contributed by atoms with Crippen molar-refractivity contribution in [3.63, 3.8) is 0 Å². The summed E-state index contributed by atoms with van der Waals surface area (Å²) >= 11 is 3.53. The minimum Gasteiger partial charge on any atom is -0.289 e. The van der Waals surface area contributed by atoms with Crippen molar-refractivity contribution in [2.24, 2.45) is 0 Å². The topological polar surface area (TPSA) is 62.2 Å². The van der Waals surface area contributed by atoms with Gasteiger partial charge < -0.3 is 0 Å². The van der Waals surface area contributed by atoms with E-state index in [9.17, 15) is 4.21 Å². The van der Waals surface area contributed by atoms with Crippen molar-refractivity contribution in [2.45, 2.75) is 6.92 Å². The molecule has 4 nitrogen and oxygen atoms in total. The Morgan fingerprint density at radius 2 is 2.42 bits per heavy atom. The predicted molar refractivity (Wildman–Crippen MR) is 48.4 cm³/mol. The van der Waals surface area contributed by atoms with Crippen molar-refractivity contribution in [1.29, 1.82) is 0 Å². The number of anilines is 1. The molecule has 0 saturated carbocycles. The SMILES string of the molecule is Cc1ncc(Cl)cc1NS(=O)O. The zero-order chi connectivity index (χ0) is 9.14. The second-order valence-electron chi connectivity index (χ2n) is 2.14. The molecule has 1 atom stereocenters. The van der Waals surface area contributed by atoms with Crippen LogP contribution in [0.4, 0.5) is 5.69 Å². The van der Waals surface area contributed by atoms with Gasteiger partial charge in [-0.3, -0.25) is 14.3 Å². The van der Waals surface area contributed by atoms with Crippen molar-refractivity contribution >= 4 is 28.6 Å². The molecule has 0 fully saturated rings. The highest BCUT2D eigenvalue weighted by Gasteiger charge is 2.01. The fourth-order valence-electron chi connectivity index (χ4n) is 0.705. The minimum absolute atomic E-state index is 0.425. The van der Waals surface area contributed by atoms with Gasteiger partial charge in [-0.1, -0.05) is 11.6 Å². The Labute approximate surface area is 77.4 Å². The van der Waals surface area contributed by atoms with Crippen LogP contribution in [-0.2, 0) is 11.3 Å². The lowest BCUT2D eigenvalue weighted by molar-refractivity contribution is 0.570. The van der Waals surface area contributed by atoms with Crippen LogP contribution in [-0.4, -0.2) is 13.7 Å². The Kier molecular flexibility index (Phi) is 3.02. The normalized spacial score (nSPS) is 12.6. The lowest BCUT2D eigenvalue weighted by Gasteiger charge is -2.03. The molecule has 0 aliphatic rings. The van der Waals surface area contributed by atoms with Crippen molar-refractivity contribution < 1.29 is 8.76 Å². The quantitative estimate of drug-likeness (QED) is 0.723. The van der Waals surface area contributed by atoms with Gasteiger partial charge in [0.1, 0.15) is 0 Å². The maximum absolute atomic E-state index is 10.4. The standard InChI is InChI=1S/C6H7ClN2O2S/c1-4-6(9-12(10)11)2-5(7)3-8-4/h2-3,9H,1H3,(H,10,11). The van der Waals surface area contributed by atoms with E-state index in [4.69, 9.17) is 16.2 Å². The van der Waals surface area contributed by atoms with E-state index in [1.54, 1.807) is 6.92 Å². The molecule has 0 aliphatic heterocycles. The van der Waals surface area contributed by atoms with Gasteiger partial charge in [0.2, 0.25) is 0 Å². The van der Waals surface area contributed by atoms with Gasteiger partial charge in [0.05, 0.1) is 16.4 Å². The van der Waals surface area contributed by atoms with Crippen LogP contribution in [0.15, 0.2) is 12.3 Å². The van der Waals surface area contributed by atoms with Crippen molar-refractivity contribution in [3.8, 4) is 0 Å². The van der Waals surface area contributed by atoms with E-state index < -0.39 is 11.3 Å². The highest BCUT2D eigenvalue weighted by molar-refractivity contribution is 7.80. The summed E-state index contributed by atoms with van der Waals surface area (Å²) in [6.07, 6.45) is 1.47. The molecule has 66 valence electrons. The number of aromatic nitrogens is 1. The Bertz CT molecular complexity index is 318. The van der Waals surface area contributed by atoms with E-state index in [-0.39, 0.29) is 0 Å². The van der Waals surface area contributed by atoms with E-state index in [1.807, 2.05) is 0 Å². The Hall–Kier alpha value is -0.650. The highest BCUT2D eigenvalue weighted by Crippen LogP contribution is 2.17. The van der Waals surface area contributed by atoms with Crippen molar-refractivity contribution in [2.75, 3.05) is 4.72 Å². The van der Waals surface area contributed by atoms with Crippen LogP contribution in [0.25, 0.3) is 0 Å². The average molecular weight is 207 g/mol. The number of pyridine rings is 1. The van der Waals surface area contributed by atoms with Crippen LogP contribution in [0.2, 0.25) is 5.02 Å². The van der Waals surface area contributed by atoms with Gasteiger partial charge in [0, 0.05) is 6.20 Å². The second-order valence-corrected chi connectivity index (χ2v) is 3.28. The lowest BCUT2D eigenvalue weighted by atomic mass is 10.3. The Morgan fingerprint density at radius 1 is 1.75 bits per heavy atom. The van der Waals surface area contributed by atoms with Crippen LogP contribution in [0.5, 0.6) is 0 Å². The van der Waals surface area contributed by atoms with Gasteiger partial charge in [0.25, 0.3) is 11.3 Å². The number of nitrogens with zero attached hydrogens (tertiary/aromatic N) is 1. The minimum atomic E-state index is -2.08. The number of halogens is 1. The zero-order valence-electron chi connectivity index (χ0n) is 6.24. The Morgan fingerprint density at radius 3 is 3.00 bits per heavy atom. The second kappa shape index (κ2) is 3.84. The molecule has 6 heteroatoms. The molecule has 0 aliphatic carbocycles. The number of hydrogen-bond donors (Lipinski definition) is 2. The molecule has 1 heterocycles. The molecule has 1 rings (SSSR count). The van der Waals surface area contributed by atoms with Crippen molar-refractivity contribution in [3.05, 3.63) is 23.0 Å². The maximum Gasteiger partial charge on any atom is 0.259 e. The van der Waals surface area contributed by atoms with E-state index in [0.29, 0.717) is 16.4 Å². The van der Waals surface area contributed by atoms with Gasteiger partial charge >= 0.3 is 0 Å². The molecule has 1 unspecified atom stereocenters. The van der Waals surface area contributed by atoms with E-state index in [1.165, 1.54) is 12.3 Å². The van der Waals surface area contributed by atoms with Crippen LogP contribution >= 0.6 is 11.6 Å². The summed E-state index contributed by atoms with van der Waals surface area (Å²) in [7, 11) is 0. The third-order valence-corrected chi connectivity index (χ3v) is 1.85. The third-order valence-electron chi connectivity index (χ3n) is 1.25. The predicted octanol–water partition coefficient (Wildman–Crippen LogP) is 1.59. The first-order valence-corrected chi connectivity index (χ1v) is 4.57. The largest absolute Gasteiger partial charge is 0.289 e. The van der Waals surface area contributed by atoms with Crippen LogP contribution < -0.4 is 4.72 Å². The summed E-state index contributed by atoms with van der Waals surface area (Å²) in [5.41, 5.74) is 1.09. The summed E-state index contributed by atoms with van der Waals surface area (Å²) in [6, 6.07) is 1.54. The molecule has 1 aromatic rings. The lowest BCUT2D eigenvalue weighted by Crippen LogP contribution is -2.04. The van der Waals surface area contributed by atoms with Crippen molar-refractivity contribution in [1.82, 2.24) is 4.98 Å².